The largest absolute Gasteiger partial charge is 0.378 e. The van der Waals surface area contributed by atoms with Crippen molar-refractivity contribution in [2.75, 3.05) is 13.2 Å². The highest BCUT2D eigenvalue weighted by molar-refractivity contribution is 5.74. The van der Waals surface area contributed by atoms with E-state index in [4.69, 9.17) is 9.47 Å². The molecule has 1 aliphatic rings. The van der Waals surface area contributed by atoms with E-state index in [0.29, 0.717) is 19.6 Å². The first-order chi connectivity index (χ1) is 15.1. The van der Waals surface area contributed by atoms with E-state index in [1.807, 2.05) is 96.5 Å². The van der Waals surface area contributed by atoms with Gasteiger partial charge in [-0.25, -0.2) is 4.68 Å². The topological polar surface area (TPSA) is 69.4 Å². The number of hydrogen-bond donors (Lipinski definition) is 1. The summed E-state index contributed by atoms with van der Waals surface area (Å²) in [5.41, 5.74) is 1.77. The number of aromatic nitrogens is 3. The van der Waals surface area contributed by atoms with Crippen molar-refractivity contribution in [2.45, 2.75) is 30.8 Å². The highest BCUT2D eigenvalue weighted by atomic mass is 16.7. The Bertz CT molecular complexity index is 1110. The zero-order valence-corrected chi connectivity index (χ0v) is 17.4. The molecular formula is C25H25N3O3. The van der Waals surface area contributed by atoms with E-state index in [1.165, 1.54) is 0 Å². The summed E-state index contributed by atoms with van der Waals surface area (Å²) in [6.45, 7) is 2.97. The van der Waals surface area contributed by atoms with E-state index in [-0.39, 0.29) is 0 Å². The van der Waals surface area contributed by atoms with E-state index in [0.717, 1.165) is 22.2 Å². The lowest BCUT2D eigenvalue weighted by molar-refractivity contribution is -0.167. The number of ether oxygens (including phenoxy) is 2. The van der Waals surface area contributed by atoms with Crippen molar-refractivity contribution in [1.29, 1.82) is 0 Å². The van der Waals surface area contributed by atoms with Crippen LogP contribution in [-0.4, -0.2) is 39.1 Å². The minimum absolute atomic E-state index is 0.390. The standard InChI is InChI=1S/C25H25N3O3/c1-24(30-16-17-31-24)18-23(28-22-15-9-8-14-21(22)26-27-28)25(29,19-10-4-2-5-11-19)20-12-6-3-7-13-20/h2-15,23,29H,16-18H2,1H3. The number of benzene rings is 3. The van der Waals surface area contributed by atoms with Crippen LogP contribution in [0.4, 0.5) is 0 Å². The Morgan fingerprint density at radius 2 is 1.45 bits per heavy atom. The van der Waals surface area contributed by atoms with Gasteiger partial charge >= 0.3 is 0 Å². The van der Waals surface area contributed by atoms with Gasteiger partial charge in [-0.15, -0.1) is 5.10 Å². The monoisotopic (exact) mass is 415 g/mol. The second-order valence-corrected chi connectivity index (χ2v) is 8.07. The van der Waals surface area contributed by atoms with Crippen LogP contribution in [-0.2, 0) is 15.1 Å². The van der Waals surface area contributed by atoms with Crippen molar-refractivity contribution in [3.8, 4) is 0 Å². The van der Waals surface area contributed by atoms with Gasteiger partial charge in [-0.3, -0.25) is 0 Å². The van der Waals surface area contributed by atoms with E-state index in [2.05, 4.69) is 10.3 Å². The Morgan fingerprint density at radius 3 is 2.06 bits per heavy atom. The molecule has 0 saturated carbocycles. The van der Waals surface area contributed by atoms with Crippen molar-refractivity contribution in [3.05, 3.63) is 96.1 Å². The average molecular weight is 415 g/mol. The van der Waals surface area contributed by atoms with Crippen molar-refractivity contribution in [1.82, 2.24) is 15.0 Å². The van der Waals surface area contributed by atoms with Crippen molar-refractivity contribution in [3.63, 3.8) is 0 Å². The Balaban J connectivity index is 1.74. The molecular weight excluding hydrogens is 390 g/mol. The van der Waals surface area contributed by atoms with Crippen LogP contribution in [0.15, 0.2) is 84.9 Å². The second-order valence-electron chi connectivity index (χ2n) is 8.07. The lowest BCUT2D eigenvalue weighted by Crippen LogP contribution is -2.43. The molecule has 6 nitrogen and oxygen atoms in total. The molecule has 3 aromatic carbocycles. The Hall–Kier alpha value is -3.06. The average Bonchev–Trinajstić information content (AvgIpc) is 3.45. The summed E-state index contributed by atoms with van der Waals surface area (Å²) in [5.74, 6) is -0.838. The molecule has 1 aromatic heterocycles. The normalized spacial score (nSPS) is 17.1. The highest BCUT2D eigenvalue weighted by Gasteiger charge is 2.47. The third kappa shape index (κ3) is 3.53. The Labute approximate surface area is 181 Å². The van der Waals surface area contributed by atoms with Crippen LogP contribution in [0.1, 0.15) is 30.5 Å². The molecule has 1 unspecified atom stereocenters. The maximum Gasteiger partial charge on any atom is 0.167 e. The molecule has 4 aromatic rings. The van der Waals surface area contributed by atoms with Crippen LogP contribution in [0.5, 0.6) is 0 Å². The SMILES string of the molecule is CC1(CC(n2nnc3ccccc32)C(O)(c2ccccc2)c2ccccc2)OCCO1. The lowest BCUT2D eigenvalue weighted by atomic mass is 9.77. The van der Waals surface area contributed by atoms with Crippen LogP contribution in [0.25, 0.3) is 11.0 Å². The summed E-state index contributed by atoms with van der Waals surface area (Å²) >= 11 is 0. The predicted molar refractivity (Wildman–Crippen MR) is 117 cm³/mol. The molecule has 1 saturated heterocycles. The summed E-state index contributed by atoms with van der Waals surface area (Å²) in [7, 11) is 0. The molecule has 0 aliphatic carbocycles. The molecule has 158 valence electrons. The minimum atomic E-state index is -1.39. The smallest absolute Gasteiger partial charge is 0.167 e. The third-order valence-electron chi connectivity index (χ3n) is 6.04. The van der Waals surface area contributed by atoms with Crippen molar-refractivity contribution < 1.29 is 14.6 Å². The number of rotatable bonds is 6. The molecule has 1 fully saturated rings. The van der Waals surface area contributed by atoms with Gasteiger partial charge in [0.05, 0.1) is 24.8 Å². The van der Waals surface area contributed by atoms with Gasteiger partial charge in [0.25, 0.3) is 0 Å². The second kappa shape index (κ2) is 7.89. The summed E-state index contributed by atoms with van der Waals surface area (Å²) in [6.07, 6.45) is 0.390. The first kappa shape index (κ1) is 19.9. The fourth-order valence-electron chi connectivity index (χ4n) is 4.49. The quantitative estimate of drug-likeness (QED) is 0.514. The molecule has 6 heteroatoms. The molecule has 0 spiro atoms. The zero-order chi connectivity index (χ0) is 21.3. The summed E-state index contributed by atoms with van der Waals surface area (Å²) in [6, 6.07) is 26.6. The van der Waals surface area contributed by atoms with E-state index >= 15 is 0 Å². The fraction of sp³-hybridized carbons (Fsp3) is 0.280. The maximum atomic E-state index is 12.5. The zero-order valence-electron chi connectivity index (χ0n) is 17.4. The molecule has 1 atom stereocenters. The molecule has 0 radical (unpaired) electrons. The van der Waals surface area contributed by atoms with Crippen LogP contribution in [0.3, 0.4) is 0 Å². The van der Waals surface area contributed by atoms with Gasteiger partial charge in [-0.1, -0.05) is 78.0 Å². The Kier molecular flexibility index (Phi) is 5.06. The van der Waals surface area contributed by atoms with Gasteiger partial charge in [-0.2, -0.15) is 0 Å². The molecule has 2 heterocycles. The Morgan fingerprint density at radius 1 is 0.903 bits per heavy atom. The number of aliphatic hydroxyl groups is 1. The van der Waals surface area contributed by atoms with Gasteiger partial charge in [0.1, 0.15) is 11.1 Å². The number of nitrogens with zero attached hydrogens (tertiary/aromatic N) is 3. The summed E-state index contributed by atoms with van der Waals surface area (Å²) in [5, 5.41) is 21.4. The third-order valence-corrected chi connectivity index (χ3v) is 6.04. The van der Waals surface area contributed by atoms with Gasteiger partial charge < -0.3 is 14.6 Å². The fourth-order valence-corrected chi connectivity index (χ4v) is 4.49. The number of hydrogen-bond acceptors (Lipinski definition) is 5. The number of para-hydroxylation sites is 1. The highest BCUT2D eigenvalue weighted by Crippen LogP contribution is 2.45. The molecule has 0 bridgehead atoms. The minimum Gasteiger partial charge on any atom is -0.378 e. The molecule has 1 N–H and O–H groups in total. The molecule has 31 heavy (non-hydrogen) atoms. The van der Waals surface area contributed by atoms with E-state index in [9.17, 15) is 5.11 Å². The summed E-state index contributed by atoms with van der Waals surface area (Å²) in [4.78, 5) is 0. The van der Waals surface area contributed by atoms with Gasteiger partial charge in [-0.05, 0) is 30.2 Å². The van der Waals surface area contributed by atoms with Crippen molar-refractivity contribution >= 4 is 11.0 Å². The van der Waals surface area contributed by atoms with Gasteiger partial charge in [0, 0.05) is 6.42 Å². The maximum absolute atomic E-state index is 12.5. The predicted octanol–water partition coefficient (Wildman–Crippen LogP) is 4.06. The van der Waals surface area contributed by atoms with Crippen LogP contribution < -0.4 is 0 Å². The number of fused-ring (bicyclic) bond motifs is 1. The first-order valence-corrected chi connectivity index (χ1v) is 10.5. The van der Waals surface area contributed by atoms with Gasteiger partial charge in [0.2, 0.25) is 0 Å². The van der Waals surface area contributed by atoms with Crippen LogP contribution >= 0.6 is 0 Å². The van der Waals surface area contributed by atoms with Gasteiger partial charge in [0.15, 0.2) is 5.79 Å². The lowest BCUT2D eigenvalue weighted by Gasteiger charge is -2.40. The molecule has 0 amide bonds. The van der Waals surface area contributed by atoms with Crippen LogP contribution in [0, 0.1) is 0 Å². The van der Waals surface area contributed by atoms with Crippen LogP contribution in [0.2, 0.25) is 0 Å². The van der Waals surface area contributed by atoms with Crippen molar-refractivity contribution in [2.24, 2.45) is 0 Å². The van der Waals surface area contributed by atoms with E-state index in [1.54, 1.807) is 0 Å². The van der Waals surface area contributed by atoms with E-state index < -0.39 is 17.4 Å². The molecule has 1 aliphatic heterocycles. The molecule has 5 rings (SSSR count). The summed E-state index contributed by atoms with van der Waals surface area (Å²) < 4.78 is 13.7. The first-order valence-electron chi connectivity index (χ1n) is 10.5.